The van der Waals surface area contributed by atoms with E-state index in [1.54, 1.807) is 12.1 Å². The number of nitrogens with one attached hydrogen (secondary N) is 1. The summed E-state index contributed by atoms with van der Waals surface area (Å²) < 4.78 is 5.55. The molecular formula is C23H23N3O3. The molecule has 3 aromatic rings. The van der Waals surface area contributed by atoms with E-state index in [0.717, 1.165) is 37.1 Å². The van der Waals surface area contributed by atoms with Crippen molar-refractivity contribution in [1.82, 2.24) is 15.2 Å². The monoisotopic (exact) mass is 389 g/mol. The number of nitrogens with zero attached hydrogens (tertiary/aromatic N) is 2. The average Bonchev–Trinajstić information content (AvgIpc) is 3.43. The average molecular weight is 389 g/mol. The van der Waals surface area contributed by atoms with Gasteiger partial charge in [0.15, 0.2) is 17.8 Å². The van der Waals surface area contributed by atoms with E-state index in [9.17, 15) is 9.59 Å². The molecule has 1 saturated heterocycles. The number of likely N-dealkylation sites (tertiary alicyclic amines) is 1. The highest BCUT2D eigenvalue weighted by molar-refractivity contribution is 6.04. The van der Waals surface area contributed by atoms with Crippen molar-refractivity contribution < 1.29 is 14.0 Å². The van der Waals surface area contributed by atoms with E-state index in [0.29, 0.717) is 23.4 Å². The van der Waals surface area contributed by atoms with Crippen molar-refractivity contribution in [2.75, 3.05) is 13.1 Å². The molecule has 0 unspecified atom stereocenters. The van der Waals surface area contributed by atoms with Gasteiger partial charge in [0.25, 0.3) is 11.8 Å². The lowest BCUT2D eigenvalue weighted by atomic mass is 10.0. The molecule has 1 aliphatic heterocycles. The third kappa shape index (κ3) is 4.06. The standard InChI is InChI=1S/C23H23N3O3/c1-16-7-6-8-17(13-16)14-24-22(27)20-21(29-15-25-20)18-9-2-3-10-19(18)23(28)26-11-4-5-12-26/h2-3,6-10,13,15H,4-5,11-12,14H2,1H3,(H,24,27). The molecule has 0 bridgehead atoms. The molecule has 148 valence electrons. The lowest BCUT2D eigenvalue weighted by molar-refractivity contribution is 0.0792. The van der Waals surface area contributed by atoms with Crippen molar-refractivity contribution in [3.8, 4) is 11.3 Å². The maximum Gasteiger partial charge on any atom is 0.274 e. The summed E-state index contributed by atoms with van der Waals surface area (Å²) in [6.07, 6.45) is 3.28. The van der Waals surface area contributed by atoms with Crippen LogP contribution in [0.15, 0.2) is 59.3 Å². The second-order valence-corrected chi connectivity index (χ2v) is 7.25. The summed E-state index contributed by atoms with van der Waals surface area (Å²) in [7, 11) is 0. The van der Waals surface area contributed by atoms with Crippen LogP contribution < -0.4 is 5.32 Å². The highest BCUT2D eigenvalue weighted by Gasteiger charge is 2.26. The Labute approximate surface area is 169 Å². The first-order valence-corrected chi connectivity index (χ1v) is 9.79. The summed E-state index contributed by atoms with van der Waals surface area (Å²) in [5.74, 6) is -0.0609. The Morgan fingerprint density at radius 3 is 2.69 bits per heavy atom. The number of aryl methyl sites for hydroxylation is 1. The third-order valence-electron chi connectivity index (χ3n) is 5.11. The maximum absolute atomic E-state index is 13.0. The minimum absolute atomic E-state index is 0.0411. The molecule has 0 saturated carbocycles. The summed E-state index contributed by atoms with van der Waals surface area (Å²) in [5.41, 5.74) is 3.43. The van der Waals surface area contributed by atoms with Gasteiger partial charge in [-0.3, -0.25) is 9.59 Å². The van der Waals surface area contributed by atoms with E-state index >= 15 is 0 Å². The topological polar surface area (TPSA) is 75.4 Å². The van der Waals surface area contributed by atoms with Gasteiger partial charge in [0.05, 0.1) is 5.56 Å². The number of carbonyl (C=O) groups is 2. The van der Waals surface area contributed by atoms with Crippen LogP contribution in [0.3, 0.4) is 0 Å². The van der Waals surface area contributed by atoms with Gasteiger partial charge in [0.1, 0.15) is 0 Å². The first-order valence-electron chi connectivity index (χ1n) is 9.79. The molecule has 0 radical (unpaired) electrons. The molecule has 0 aliphatic carbocycles. The van der Waals surface area contributed by atoms with E-state index in [-0.39, 0.29) is 17.5 Å². The normalized spacial score (nSPS) is 13.5. The van der Waals surface area contributed by atoms with Gasteiger partial charge in [0, 0.05) is 25.2 Å². The maximum atomic E-state index is 13.0. The van der Waals surface area contributed by atoms with Crippen LogP contribution in [-0.4, -0.2) is 34.8 Å². The van der Waals surface area contributed by atoms with Gasteiger partial charge in [-0.1, -0.05) is 48.0 Å². The van der Waals surface area contributed by atoms with Crippen LogP contribution in [0.4, 0.5) is 0 Å². The molecule has 2 aromatic carbocycles. The Balaban J connectivity index is 1.58. The van der Waals surface area contributed by atoms with Gasteiger partial charge in [-0.15, -0.1) is 0 Å². The summed E-state index contributed by atoms with van der Waals surface area (Å²) in [6, 6.07) is 15.2. The molecule has 6 heteroatoms. The third-order valence-corrected chi connectivity index (χ3v) is 5.11. The Hall–Kier alpha value is -3.41. The zero-order chi connectivity index (χ0) is 20.2. The van der Waals surface area contributed by atoms with E-state index in [2.05, 4.69) is 10.3 Å². The van der Waals surface area contributed by atoms with Crippen molar-refractivity contribution in [1.29, 1.82) is 0 Å². The molecule has 29 heavy (non-hydrogen) atoms. The molecule has 2 heterocycles. The minimum Gasteiger partial charge on any atom is -0.443 e. The Morgan fingerprint density at radius 2 is 1.90 bits per heavy atom. The number of hydrogen-bond acceptors (Lipinski definition) is 4. The molecule has 4 rings (SSSR count). The molecule has 1 aliphatic rings. The van der Waals surface area contributed by atoms with E-state index in [1.165, 1.54) is 6.39 Å². The lowest BCUT2D eigenvalue weighted by Gasteiger charge is -2.17. The summed E-state index contributed by atoms with van der Waals surface area (Å²) in [4.78, 5) is 31.7. The second kappa shape index (κ2) is 8.31. The van der Waals surface area contributed by atoms with Crippen LogP contribution in [0, 0.1) is 6.92 Å². The van der Waals surface area contributed by atoms with Crippen molar-refractivity contribution >= 4 is 11.8 Å². The van der Waals surface area contributed by atoms with Crippen molar-refractivity contribution in [3.05, 3.63) is 77.3 Å². The first kappa shape index (κ1) is 18.9. The van der Waals surface area contributed by atoms with Gasteiger partial charge in [-0.05, 0) is 31.4 Å². The fourth-order valence-electron chi connectivity index (χ4n) is 3.65. The quantitative estimate of drug-likeness (QED) is 0.720. The van der Waals surface area contributed by atoms with Crippen LogP contribution in [0.1, 0.15) is 44.8 Å². The molecule has 0 spiro atoms. The number of amides is 2. The minimum atomic E-state index is -0.335. The number of rotatable bonds is 5. The molecule has 6 nitrogen and oxygen atoms in total. The van der Waals surface area contributed by atoms with Gasteiger partial charge >= 0.3 is 0 Å². The number of carbonyl (C=O) groups excluding carboxylic acids is 2. The van der Waals surface area contributed by atoms with Gasteiger partial charge < -0.3 is 14.6 Å². The van der Waals surface area contributed by atoms with E-state index in [4.69, 9.17) is 4.42 Å². The first-order chi connectivity index (χ1) is 14.1. The second-order valence-electron chi connectivity index (χ2n) is 7.25. The zero-order valence-electron chi connectivity index (χ0n) is 16.4. The highest BCUT2D eigenvalue weighted by Crippen LogP contribution is 2.28. The smallest absolute Gasteiger partial charge is 0.274 e. The number of hydrogen-bond donors (Lipinski definition) is 1. The Kier molecular flexibility index (Phi) is 5.42. The van der Waals surface area contributed by atoms with Crippen molar-refractivity contribution in [2.45, 2.75) is 26.3 Å². The van der Waals surface area contributed by atoms with E-state index in [1.807, 2.05) is 48.2 Å². The molecule has 0 atom stereocenters. The Bertz CT molecular complexity index is 1040. The fourth-order valence-corrected chi connectivity index (χ4v) is 3.65. The Morgan fingerprint density at radius 1 is 1.10 bits per heavy atom. The zero-order valence-corrected chi connectivity index (χ0v) is 16.4. The molecular weight excluding hydrogens is 366 g/mol. The van der Waals surface area contributed by atoms with Crippen molar-refractivity contribution in [2.24, 2.45) is 0 Å². The van der Waals surface area contributed by atoms with Gasteiger partial charge in [-0.25, -0.2) is 4.98 Å². The lowest BCUT2D eigenvalue weighted by Crippen LogP contribution is -2.28. The fraction of sp³-hybridized carbons (Fsp3) is 0.261. The van der Waals surface area contributed by atoms with Gasteiger partial charge in [0.2, 0.25) is 0 Å². The van der Waals surface area contributed by atoms with E-state index < -0.39 is 0 Å². The summed E-state index contributed by atoms with van der Waals surface area (Å²) in [5, 5.41) is 2.89. The van der Waals surface area contributed by atoms with Gasteiger partial charge in [-0.2, -0.15) is 0 Å². The number of aromatic nitrogens is 1. The largest absolute Gasteiger partial charge is 0.443 e. The highest BCUT2D eigenvalue weighted by atomic mass is 16.3. The molecule has 2 amide bonds. The van der Waals surface area contributed by atoms with Crippen LogP contribution in [-0.2, 0) is 6.54 Å². The number of oxazole rings is 1. The van der Waals surface area contributed by atoms with Crippen LogP contribution in [0.5, 0.6) is 0 Å². The summed E-state index contributed by atoms with van der Waals surface area (Å²) >= 11 is 0. The predicted molar refractivity (Wildman–Crippen MR) is 109 cm³/mol. The molecule has 1 fully saturated rings. The number of benzene rings is 2. The predicted octanol–water partition coefficient (Wildman–Crippen LogP) is 3.82. The molecule has 1 aromatic heterocycles. The van der Waals surface area contributed by atoms with Crippen LogP contribution >= 0.6 is 0 Å². The van der Waals surface area contributed by atoms with Crippen LogP contribution in [0.25, 0.3) is 11.3 Å². The molecule has 1 N–H and O–H groups in total. The summed E-state index contributed by atoms with van der Waals surface area (Å²) in [6.45, 7) is 3.91. The van der Waals surface area contributed by atoms with Crippen LogP contribution in [0.2, 0.25) is 0 Å². The SMILES string of the molecule is Cc1cccc(CNC(=O)c2ncoc2-c2ccccc2C(=O)N2CCCC2)c1. The van der Waals surface area contributed by atoms with Crippen molar-refractivity contribution in [3.63, 3.8) is 0 Å².